The molecule has 2 aliphatic rings. The lowest BCUT2D eigenvalue weighted by atomic mass is 9.81. The molecule has 1 fully saturated rings. The Hall–Kier alpha value is -0.970. The molecule has 1 saturated heterocycles. The van der Waals surface area contributed by atoms with Crippen molar-refractivity contribution in [1.82, 2.24) is 14.7 Å². The summed E-state index contributed by atoms with van der Waals surface area (Å²) in [6.07, 6.45) is 6.80. The maximum absolute atomic E-state index is 11.4. The molecule has 0 aliphatic carbocycles. The van der Waals surface area contributed by atoms with E-state index in [0.717, 1.165) is 41.4 Å². The van der Waals surface area contributed by atoms with E-state index in [1.54, 1.807) is 16.0 Å². The third-order valence-electron chi connectivity index (χ3n) is 5.90. The number of hydrogen-bond acceptors (Lipinski definition) is 7. The number of halogens is 1. The number of nitrogens with zero attached hydrogens (tertiary/aromatic N) is 3. The first-order valence-electron chi connectivity index (χ1n) is 9.77. The summed E-state index contributed by atoms with van der Waals surface area (Å²) in [4.78, 5) is 3.62. The average molecular weight is 459 g/mol. The molecule has 4 heterocycles. The normalized spacial score (nSPS) is 28.0. The van der Waals surface area contributed by atoms with Crippen molar-refractivity contribution in [3.05, 3.63) is 38.8 Å². The van der Waals surface area contributed by atoms with E-state index in [4.69, 9.17) is 22.1 Å². The van der Waals surface area contributed by atoms with Crippen LogP contribution in [0.3, 0.4) is 0 Å². The molecule has 7 nitrogen and oxygen atoms in total. The van der Waals surface area contributed by atoms with Crippen molar-refractivity contribution in [1.29, 1.82) is 0 Å². The molecular weight excluding hydrogens is 432 g/mol. The monoisotopic (exact) mass is 458 g/mol. The van der Waals surface area contributed by atoms with E-state index in [-0.39, 0.29) is 17.4 Å². The lowest BCUT2D eigenvalue weighted by Gasteiger charge is -2.47. The Labute approximate surface area is 180 Å². The summed E-state index contributed by atoms with van der Waals surface area (Å²) in [5, 5.41) is 4.31. The lowest BCUT2D eigenvalue weighted by molar-refractivity contribution is -0.116. The van der Waals surface area contributed by atoms with Crippen LogP contribution in [-0.4, -0.2) is 54.3 Å². The first-order chi connectivity index (χ1) is 13.7. The Kier molecular flexibility index (Phi) is 5.82. The van der Waals surface area contributed by atoms with Crippen molar-refractivity contribution in [2.24, 2.45) is 5.73 Å². The van der Waals surface area contributed by atoms with Gasteiger partial charge in [0.05, 0.1) is 35.5 Å². The number of rotatable bonds is 5. The van der Waals surface area contributed by atoms with Gasteiger partial charge >= 0.3 is 0 Å². The number of fused-ring (bicyclic) bond motifs is 2. The van der Waals surface area contributed by atoms with Crippen LogP contribution < -0.4 is 5.73 Å². The molecule has 0 aromatic carbocycles. The van der Waals surface area contributed by atoms with Gasteiger partial charge in [-0.2, -0.15) is 5.10 Å². The van der Waals surface area contributed by atoms with E-state index in [2.05, 4.69) is 16.9 Å². The molecule has 2 N–H and O–H groups in total. The number of ether oxygens (including phenoxy) is 1. The summed E-state index contributed by atoms with van der Waals surface area (Å²) < 4.78 is 31.5. The second-order valence-corrected chi connectivity index (χ2v) is 12.2. The molecule has 10 heteroatoms. The Morgan fingerprint density at radius 3 is 3.00 bits per heavy atom. The second-order valence-electron chi connectivity index (χ2n) is 8.26. The SMILES string of the molecule is C[C@H]1C[C@@]2(CCN1Cc1cnn(CCS(C)(=O)=O)c1)OCC(N)c1cc(Cl)sc12. The molecule has 29 heavy (non-hydrogen) atoms. The van der Waals surface area contributed by atoms with Crippen molar-refractivity contribution >= 4 is 32.8 Å². The summed E-state index contributed by atoms with van der Waals surface area (Å²) in [6, 6.07) is 2.22. The maximum atomic E-state index is 11.4. The van der Waals surface area contributed by atoms with Gasteiger partial charge in [0.2, 0.25) is 0 Å². The molecule has 2 aliphatic heterocycles. The van der Waals surface area contributed by atoms with Gasteiger partial charge in [-0.1, -0.05) is 11.6 Å². The van der Waals surface area contributed by atoms with Crippen molar-refractivity contribution in [3.8, 4) is 0 Å². The number of hydrogen-bond donors (Lipinski definition) is 1. The van der Waals surface area contributed by atoms with Crippen LogP contribution in [0.2, 0.25) is 4.34 Å². The molecule has 160 valence electrons. The standard InChI is InChI=1S/C19H27ClN4O3S2/c1-13-8-19(18-15(7-17(20)28-18)16(21)12-27-19)3-4-23(13)10-14-9-22-24(11-14)5-6-29(2,25)26/h7,9,11,13,16H,3-6,8,10,12,21H2,1-2H3/t13-,16?,19+/m0/s1. The van der Waals surface area contributed by atoms with Gasteiger partial charge in [-0.25, -0.2) is 8.42 Å². The highest BCUT2D eigenvalue weighted by Crippen LogP contribution is 2.49. The zero-order valence-corrected chi connectivity index (χ0v) is 19.1. The minimum atomic E-state index is -2.99. The van der Waals surface area contributed by atoms with Gasteiger partial charge in [-0.05, 0) is 31.4 Å². The molecule has 0 bridgehead atoms. The molecule has 0 saturated carbocycles. The van der Waals surface area contributed by atoms with Crippen molar-refractivity contribution in [3.63, 3.8) is 0 Å². The molecule has 0 amide bonds. The van der Waals surface area contributed by atoms with Crippen molar-refractivity contribution < 1.29 is 13.2 Å². The summed E-state index contributed by atoms with van der Waals surface area (Å²) in [5.74, 6) is 0.0991. The van der Waals surface area contributed by atoms with E-state index in [1.165, 1.54) is 11.1 Å². The van der Waals surface area contributed by atoms with Crippen LogP contribution in [0.5, 0.6) is 0 Å². The number of aromatic nitrogens is 2. The lowest BCUT2D eigenvalue weighted by Crippen LogP contribution is -2.50. The average Bonchev–Trinajstić information content (AvgIpc) is 3.26. The van der Waals surface area contributed by atoms with Crippen LogP contribution >= 0.6 is 22.9 Å². The fourth-order valence-corrected chi connectivity index (χ4v) is 6.35. The quantitative estimate of drug-likeness (QED) is 0.740. The van der Waals surface area contributed by atoms with E-state index in [9.17, 15) is 8.42 Å². The van der Waals surface area contributed by atoms with Crippen LogP contribution in [0.25, 0.3) is 0 Å². The minimum absolute atomic E-state index is 0.0991. The van der Waals surface area contributed by atoms with Crippen LogP contribution in [0.15, 0.2) is 18.5 Å². The smallest absolute Gasteiger partial charge is 0.149 e. The summed E-state index contributed by atoms with van der Waals surface area (Å²) in [6.45, 7) is 4.82. The van der Waals surface area contributed by atoms with E-state index in [1.807, 2.05) is 18.5 Å². The number of thiophene rings is 1. The van der Waals surface area contributed by atoms with Gasteiger partial charge in [-0.15, -0.1) is 11.3 Å². The largest absolute Gasteiger partial charge is 0.367 e. The van der Waals surface area contributed by atoms with Crippen molar-refractivity contribution in [2.75, 3.05) is 25.2 Å². The molecule has 3 atom stereocenters. The number of sulfone groups is 1. The highest BCUT2D eigenvalue weighted by Gasteiger charge is 2.46. The molecule has 0 radical (unpaired) electrons. The summed E-state index contributed by atoms with van der Waals surface area (Å²) in [5.41, 5.74) is 8.17. The molecule has 1 unspecified atom stereocenters. The highest BCUT2D eigenvalue weighted by molar-refractivity contribution is 7.90. The van der Waals surface area contributed by atoms with Gasteiger partial charge in [0.15, 0.2) is 0 Å². The molecule has 2 aromatic rings. The number of aryl methyl sites for hydroxylation is 1. The molecule has 1 spiro atoms. The zero-order valence-electron chi connectivity index (χ0n) is 16.7. The van der Waals surface area contributed by atoms with Gasteiger partial charge in [0, 0.05) is 42.0 Å². The van der Waals surface area contributed by atoms with E-state index < -0.39 is 9.84 Å². The highest BCUT2D eigenvalue weighted by atomic mass is 35.5. The Morgan fingerprint density at radius 1 is 1.48 bits per heavy atom. The van der Waals surface area contributed by atoms with Gasteiger partial charge in [0.1, 0.15) is 15.4 Å². The van der Waals surface area contributed by atoms with Crippen LogP contribution in [0, 0.1) is 0 Å². The first kappa shape index (κ1) is 21.3. The molecular formula is C19H27ClN4O3S2. The third kappa shape index (κ3) is 4.55. The molecule has 2 aromatic heterocycles. The Morgan fingerprint density at radius 2 is 2.28 bits per heavy atom. The number of nitrogens with two attached hydrogens (primary N) is 1. The third-order valence-corrected chi connectivity index (χ3v) is 8.29. The van der Waals surface area contributed by atoms with Gasteiger partial charge in [0.25, 0.3) is 0 Å². The fourth-order valence-electron chi connectivity index (χ4n) is 4.34. The Balaban J connectivity index is 1.43. The van der Waals surface area contributed by atoms with Crippen molar-refractivity contribution in [2.45, 2.75) is 50.5 Å². The van der Waals surface area contributed by atoms with E-state index in [0.29, 0.717) is 19.2 Å². The van der Waals surface area contributed by atoms with Crippen LogP contribution in [0.1, 0.15) is 41.8 Å². The van der Waals surface area contributed by atoms with Crippen LogP contribution in [-0.2, 0) is 33.3 Å². The molecule has 4 rings (SSSR count). The first-order valence-corrected chi connectivity index (χ1v) is 13.0. The predicted molar refractivity (Wildman–Crippen MR) is 115 cm³/mol. The second kappa shape index (κ2) is 7.94. The van der Waals surface area contributed by atoms with Gasteiger partial charge in [-0.3, -0.25) is 9.58 Å². The summed E-state index contributed by atoms with van der Waals surface area (Å²) in [7, 11) is -2.99. The van der Waals surface area contributed by atoms with Crippen LogP contribution in [0.4, 0.5) is 0 Å². The predicted octanol–water partition coefficient (Wildman–Crippen LogP) is 2.55. The Bertz CT molecular complexity index is 989. The van der Waals surface area contributed by atoms with Gasteiger partial charge < -0.3 is 10.5 Å². The summed E-state index contributed by atoms with van der Waals surface area (Å²) >= 11 is 7.89. The number of piperidine rings is 1. The maximum Gasteiger partial charge on any atom is 0.149 e. The minimum Gasteiger partial charge on any atom is -0.367 e. The zero-order chi connectivity index (χ0) is 20.8. The van der Waals surface area contributed by atoms with E-state index >= 15 is 0 Å². The number of likely N-dealkylation sites (tertiary alicyclic amines) is 1. The topological polar surface area (TPSA) is 90.5 Å². The fraction of sp³-hybridized carbons (Fsp3) is 0.632.